The number of hydrogen-bond acceptors (Lipinski definition) is 4. The minimum absolute atomic E-state index is 0.350. The summed E-state index contributed by atoms with van der Waals surface area (Å²) in [5.41, 5.74) is 4.93. The Kier molecular flexibility index (Phi) is 4.33. The number of fused-ring (bicyclic) bond motifs is 3. The van der Waals surface area contributed by atoms with Crippen LogP contribution in [-0.4, -0.2) is 30.2 Å². The molecule has 0 radical (unpaired) electrons. The maximum Gasteiger partial charge on any atom is 0.332 e. The largest absolute Gasteiger partial charge is 0.497 e. The third-order valence-electron chi connectivity index (χ3n) is 6.08. The zero-order valence-electron chi connectivity index (χ0n) is 18.6. The normalized spacial score (nSPS) is 11.5. The van der Waals surface area contributed by atoms with E-state index in [0.29, 0.717) is 16.9 Å². The van der Waals surface area contributed by atoms with Gasteiger partial charge in [0.2, 0.25) is 5.78 Å². The van der Waals surface area contributed by atoms with Crippen molar-refractivity contribution >= 4 is 16.9 Å². The molecule has 8 heteroatoms. The fourth-order valence-corrected chi connectivity index (χ4v) is 4.08. The molecule has 0 aliphatic heterocycles. The van der Waals surface area contributed by atoms with Gasteiger partial charge in [-0.3, -0.25) is 22.9 Å². The molecule has 0 fully saturated rings. The second kappa shape index (κ2) is 6.98. The summed E-state index contributed by atoms with van der Waals surface area (Å²) >= 11 is 0. The van der Waals surface area contributed by atoms with Crippen molar-refractivity contribution in [1.29, 1.82) is 0 Å². The minimum atomic E-state index is -0.408. The maximum absolute atomic E-state index is 13.0. The van der Waals surface area contributed by atoms with Crippen LogP contribution >= 0.6 is 0 Å². The molecule has 0 saturated carbocycles. The van der Waals surface area contributed by atoms with Gasteiger partial charge in [0.25, 0.3) is 5.56 Å². The van der Waals surface area contributed by atoms with E-state index in [1.54, 1.807) is 18.6 Å². The molecule has 5 aromatic rings. The Balaban J connectivity index is 1.96. The molecule has 2 aromatic carbocycles. The van der Waals surface area contributed by atoms with Gasteiger partial charge in [-0.2, -0.15) is 4.98 Å². The third kappa shape index (κ3) is 2.72. The number of methoxy groups -OCH3 is 1. The summed E-state index contributed by atoms with van der Waals surface area (Å²) in [6.45, 7) is 4.13. The van der Waals surface area contributed by atoms with Gasteiger partial charge >= 0.3 is 5.69 Å². The number of hydrogen-bond donors (Lipinski definition) is 0. The van der Waals surface area contributed by atoms with Crippen LogP contribution in [-0.2, 0) is 14.1 Å². The van der Waals surface area contributed by atoms with Crippen LogP contribution in [0.3, 0.4) is 0 Å². The van der Waals surface area contributed by atoms with Gasteiger partial charge in [-0.15, -0.1) is 0 Å². The van der Waals surface area contributed by atoms with Crippen molar-refractivity contribution in [3.63, 3.8) is 0 Å². The average Bonchev–Trinajstić information content (AvgIpc) is 3.34. The summed E-state index contributed by atoms with van der Waals surface area (Å²) in [5.74, 6) is 1.29. The Morgan fingerprint density at radius 3 is 2.44 bits per heavy atom. The Labute approximate surface area is 183 Å². The Bertz CT molecular complexity index is 1650. The van der Waals surface area contributed by atoms with E-state index in [2.05, 4.69) is 26.0 Å². The summed E-state index contributed by atoms with van der Waals surface area (Å²) in [7, 11) is 4.73. The number of imidazole rings is 2. The lowest BCUT2D eigenvalue weighted by atomic mass is 10.1. The highest BCUT2D eigenvalue weighted by molar-refractivity contribution is 5.79. The fraction of sp³-hybridized carbons (Fsp3) is 0.208. The molecule has 8 nitrogen and oxygen atoms in total. The number of rotatable bonds is 3. The number of nitrogens with zero attached hydrogens (tertiary/aromatic N) is 5. The SMILES string of the molecule is COc1cccc(-c2cn3c4c(=O)n(C)c(=O)n(C)c4nc3n2-c2ccc(C)c(C)c2)c1. The van der Waals surface area contributed by atoms with Crippen molar-refractivity contribution in [1.82, 2.24) is 23.1 Å². The summed E-state index contributed by atoms with van der Waals surface area (Å²) in [6.07, 6.45) is 1.89. The van der Waals surface area contributed by atoms with Crippen molar-refractivity contribution in [2.45, 2.75) is 13.8 Å². The predicted octanol–water partition coefficient (Wildman–Crippen LogP) is 2.97. The number of aromatic nitrogens is 5. The molecule has 0 bridgehead atoms. The van der Waals surface area contributed by atoms with Gasteiger partial charge in [0.05, 0.1) is 12.8 Å². The molecular weight excluding hydrogens is 406 g/mol. The molecule has 0 spiro atoms. The summed E-state index contributed by atoms with van der Waals surface area (Å²) in [6, 6.07) is 13.9. The quantitative estimate of drug-likeness (QED) is 0.442. The lowest BCUT2D eigenvalue weighted by molar-refractivity contribution is 0.415. The molecule has 5 rings (SSSR count). The van der Waals surface area contributed by atoms with Gasteiger partial charge in [0.15, 0.2) is 11.2 Å². The molecule has 0 aliphatic rings. The topological polar surface area (TPSA) is 75.5 Å². The number of aryl methyl sites for hydroxylation is 3. The van der Waals surface area contributed by atoms with E-state index in [4.69, 9.17) is 9.72 Å². The van der Waals surface area contributed by atoms with Crippen molar-refractivity contribution in [2.24, 2.45) is 14.1 Å². The lowest BCUT2D eigenvalue weighted by Crippen LogP contribution is -2.37. The zero-order chi connectivity index (χ0) is 22.7. The molecule has 3 aromatic heterocycles. The van der Waals surface area contributed by atoms with E-state index >= 15 is 0 Å². The monoisotopic (exact) mass is 429 g/mol. The van der Waals surface area contributed by atoms with Gasteiger partial charge in [-0.1, -0.05) is 18.2 Å². The van der Waals surface area contributed by atoms with Crippen LogP contribution in [0.5, 0.6) is 5.75 Å². The lowest BCUT2D eigenvalue weighted by Gasteiger charge is -2.12. The van der Waals surface area contributed by atoms with E-state index in [1.807, 2.05) is 41.1 Å². The van der Waals surface area contributed by atoms with Gasteiger partial charge in [0, 0.05) is 31.5 Å². The van der Waals surface area contributed by atoms with E-state index in [1.165, 1.54) is 17.2 Å². The summed E-state index contributed by atoms with van der Waals surface area (Å²) in [4.78, 5) is 30.2. The third-order valence-corrected chi connectivity index (χ3v) is 6.08. The zero-order valence-corrected chi connectivity index (χ0v) is 18.6. The second-order valence-electron chi connectivity index (χ2n) is 8.01. The van der Waals surface area contributed by atoms with Gasteiger partial charge in [0.1, 0.15) is 5.75 Å². The Hall–Kier alpha value is -4.07. The van der Waals surface area contributed by atoms with Crippen molar-refractivity contribution < 1.29 is 4.74 Å². The molecule has 32 heavy (non-hydrogen) atoms. The molecule has 0 aliphatic carbocycles. The molecule has 0 N–H and O–H groups in total. The Morgan fingerprint density at radius 2 is 1.72 bits per heavy atom. The minimum Gasteiger partial charge on any atom is -0.497 e. The van der Waals surface area contributed by atoms with Crippen molar-refractivity contribution in [3.05, 3.63) is 80.6 Å². The van der Waals surface area contributed by atoms with Crippen molar-refractivity contribution in [3.8, 4) is 22.7 Å². The molecule has 0 saturated heterocycles. The van der Waals surface area contributed by atoms with Gasteiger partial charge < -0.3 is 4.74 Å². The Morgan fingerprint density at radius 1 is 0.938 bits per heavy atom. The maximum atomic E-state index is 13.0. The second-order valence-corrected chi connectivity index (χ2v) is 8.01. The molecular formula is C24H23N5O3. The fourth-order valence-electron chi connectivity index (χ4n) is 4.08. The average molecular weight is 429 g/mol. The highest BCUT2D eigenvalue weighted by Crippen LogP contribution is 2.31. The van der Waals surface area contributed by atoms with Crippen LogP contribution < -0.4 is 16.0 Å². The first-order valence-corrected chi connectivity index (χ1v) is 10.2. The van der Waals surface area contributed by atoms with E-state index < -0.39 is 5.69 Å². The first kappa shape index (κ1) is 19.9. The van der Waals surface area contributed by atoms with E-state index in [-0.39, 0.29) is 5.56 Å². The summed E-state index contributed by atoms with van der Waals surface area (Å²) < 4.78 is 11.7. The van der Waals surface area contributed by atoms with E-state index in [9.17, 15) is 9.59 Å². The summed E-state index contributed by atoms with van der Waals surface area (Å²) in [5, 5.41) is 0. The number of ether oxygens (including phenoxy) is 1. The highest BCUT2D eigenvalue weighted by atomic mass is 16.5. The van der Waals surface area contributed by atoms with Crippen molar-refractivity contribution in [2.75, 3.05) is 7.11 Å². The molecule has 0 amide bonds. The smallest absolute Gasteiger partial charge is 0.332 e. The standard InChI is InChI=1S/C24H23N5O3/c1-14-9-10-17(11-15(14)2)29-19(16-7-6-8-18(12-16)32-5)13-28-20-21(25-23(28)29)26(3)24(31)27(4)22(20)30/h6-13H,1-5H3. The molecule has 0 atom stereocenters. The molecule has 162 valence electrons. The van der Waals surface area contributed by atoms with Crippen LogP contribution in [0.4, 0.5) is 0 Å². The molecule has 3 heterocycles. The van der Waals surface area contributed by atoms with Gasteiger partial charge in [-0.25, -0.2) is 4.79 Å². The predicted molar refractivity (Wildman–Crippen MR) is 124 cm³/mol. The van der Waals surface area contributed by atoms with Crippen LogP contribution in [0, 0.1) is 13.8 Å². The van der Waals surface area contributed by atoms with Gasteiger partial charge in [-0.05, 0) is 49.2 Å². The van der Waals surface area contributed by atoms with Crippen LogP contribution in [0.15, 0.2) is 58.3 Å². The van der Waals surface area contributed by atoms with Crippen LogP contribution in [0.2, 0.25) is 0 Å². The van der Waals surface area contributed by atoms with Crippen LogP contribution in [0.25, 0.3) is 33.9 Å². The number of benzene rings is 2. The molecule has 0 unspecified atom stereocenters. The van der Waals surface area contributed by atoms with Crippen LogP contribution in [0.1, 0.15) is 11.1 Å². The highest BCUT2D eigenvalue weighted by Gasteiger charge is 2.22. The first-order valence-electron chi connectivity index (χ1n) is 10.2. The first-order chi connectivity index (χ1) is 15.3. The van der Waals surface area contributed by atoms with E-state index in [0.717, 1.165) is 32.8 Å².